The Kier molecular flexibility index (Phi) is 8.32. The Balaban J connectivity index is 1.84. The molecule has 0 aliphatic rings. The van der Waals surface area contributed by atoms with E-state index in [1.54, 1.807) is 6.07 Å². The third-order valence-electron chi connectivity index (χ3n) is 4.86. The predicted molar refractivity (Wildman–Crippen MR) is 120 cm³/mol. The van der Waals surface area contributed by atoms with Gasteiger partial charge in [0.1, 0.15) is 23.3 Å². The molecule has 0 atom stereocenters. The molecule has 0 unspecified atom stereocenters. The average Bonchev–Trinajstić information content (AvgIpc) is 2.77. The van der Waals surface area contributed by atoms with Gasteiger partial charge in [0, 0.05) is 48.7 Å². The van der Waals surface area contributed by atoms with Gasteiger partial charge in [0.2, 0.25) is 0 Å². The van der Waals surface area contributed by atoms with Gasteiger partial charge >= 0.3 is 6.18 Å². The van der Waals surface area contributed by atoms with Gasteiger partial charge in [-0.05, 0) is 45.6 Å². The van der Waals surface area contributed by atoms with Crippen molar-refractivity contribution in [3.05, 3.63) is 65.5 Å². The highest BCUT2D eigenvalue weighted by Gasteiger charge is 2.31. The Morgan fingerprint density at radius 3 is 2.32 bits per heavy atom. The fraction of sp³-hybridized carbons (Fsp3) is 0.348. The van der Waals surface area contributed by atoms with Gasteiger partial charge in [-0.3, -0.25) is 4.98 Å². The van der Waals surface area contributed by atoms with Crippen LogP contribution in [-0.4, -0.2) is 47.0 Å². The summed E-state index contributed by atoms with van der Waals surface area (Å²) < 4.78 is 66.6. The maximum absolute atomic E-state index is 14.0. The van der Waals surface area contributed by atoms with E-state index in [1.165, 1.54) is 12.3 Å². The number of anilines is 2. The first kappa shape index (κ1) is 25.3. The molecule has 11 heteroatoms. The van der Waals surface area contributed by atoms with Gasteiger partial charge in [-0.25, -0.2) is 18.7 Å². The molecule has 0 radical (unpaired) electrons. The van der Waals surface area contributed by atoms with E-state index in [1.807, 2.05) is 14.1 Å². The van der Waals surface area contributed by atoms with E-state index in [-0.39, 0.29) is 29.3 Å². The Bertz CT molecular complexity index is 1100. The molecule has 182 valence electrons. The zero-order chi connectivity index (χ0) is 24.7. The van der Waals surface area contributed by atoms with E-state index in [0.29, 0.717) is 12.4 Å². The van der Waals surface area contributed by atoms with E-state index < -0.39 is 23.4 Å². The number of halogens is 5. The van der Waals surface area contributed by atoms with Crippen LogP contribution in [0.2, 0.25) is 0 Å². The number of nitrogens with one attached hydrogen (secondary N) is 2. The van der Waals surface area contributed by atoms with Crippen LogP contribution in [0, 0.1) is 11.6 Å². The fourth-order valence-corrected chi connectivity index (χ4v) is 3.10. The molecule has 34 heavy (non-hydrogen) atoms. The molecule has 2 aromatic heterocycles. The van der Waals surface area contributed by atoms with E-state index in [0.717, 1.165) is 43.8 Å². The number of alkyl halides is 3. The maximum atomic E-state index is 14.0. The molecule has 6 nitrogen and oxygen atoms in total. The Hall–Kier alpha value is -3.34. The Morgan fingerprint density at radius 2 is 1.65 bits per heavy atom. The standard InChI is InChI=1S/C23H25F5N6/c1-34(2)8-4-3-7-30-20-11-21(31-13-15-5-6-18(24)10-19(15)25)33-22(32-20)16-9-17(14-29-12-16)23(26,27)28/h5-6,9-12,14H,3-4,7-8,13H2,1-2H3,(H2,30,31,32,33). The molecule has 3 aromatic rings. The third kappa shape index (κ3) is 7.34. The van der Waals surface area contributed by atoms with E-state index in [2.05, 4.69) is 30.5 Å². The third-order valence-corrected chi connectivity index (χ3v) is 4.86. The lowest BCUT2D eigenvalue weighted by molar-refractivity contribution is -0.137. The number of pyridine rings is 1. The van der Waals surface area contributed by atoms with Crippen LogP contribution in [0.4, 0.5) is 33.6 Å². The number of benzene rings is 1. The van der Waals surface area contributed by atoms with Crippen LogP contribution in [-0.2, 0) is 12.7 Å². The smallest absolute Gasteiger partial charge is 0.370 e. The first-order chi connectivity index (χ1) is 16.1. The highest BCUT2D eigenvalue weighted by atomic mass is 19.4. The lowest BCUT2D eigenvalue weighted by Gasteiger charge is -2.13. The molecule has 2 heterocycles. The van der Waals surface area contributed by atoms with E-state index in [9.17, 15) is 22.0 Å². The van der Waals surface area contributed by atoms with Gasteiger partial charge in [0.15, 0.2) is 5.82 Å². The number of unbranched alkanes of at least 4 members (excludes halogenated alkanes) is 1. The molecule has 0 saturated carbocycles. The minimum Gasteiger partial charge on any atom is -0.370 e. The largest absolute Gasteiger partial charge is 0.417 e. The van der Waals surface area contributed by atoms with Crippen LogP contribution in [0.3, 0.4) is 0 Å². The lowest BCUT2D eigenvalue weighted by Crippen LogP contribution is -2.14. The highest BCUT2D eigenvalue weighted by Crippen LogP contribution is 2.31. The van der Waals surface area contributed by atoms with Crippen molar-refractivity contribution >= 4 is 11.6 Å². The molecule has 0 spiro atoms. The molecular formula is C23H25F5N6. The second kappa shape index (κ2) is 11.2. The molecule has 3 rings (SSSR count). The van der Waals surface area contributed by atoms with E-state index >= 15 is 0 Å². The Labute approximate surface area is 194 Å². The second-order valence-electron chi connectivity index (χ2n) is 7.95. The van der Waals surface area contributed by atoms with Crippen LogP contribution in [0.1, 0.15) is 24.0 Å². The monoisotopic (exact) mass is 480 g/mol. The number of rotatable bonds is 10. The van der Waals surface area contributed by atoms with Crippen molar-refractivity contribution in [2.24, 2.45) is 0 Å². The van der Waals surface area contributed by atoms with Crippen LogP contribution in [0.5, 0.6) is 0 Å². The number of hydrogen-bond donors (Lipinski definition) is 2. The molecular weight excluding hydrogens is 455 g/mol. The normalized spacial score (nSPS) is 11.6. The Morgan fingerprint density at radius 1 is 0.912 bits per heavy atom. The summed E-state index contributed by atoms with van der Waals surface area (Å²) in [5.41, 5.74) is -0.624. The van der Waals surface area contributed by atoms with Crippen LogP contribution in [0.15, 0.2) is 42.7 Å². The number of aromatic nitrogens is 3. The summed E-state index contributed by atoms with van der Waals surface area (Å²) in [6, 6.07) is 5.73. The minimum absolute atomic E-state index is 0.00825. The van der Waals surface area contributed by atoms with Crippen molar-refractivity contribution in [2.75, 3.05) is 37.8 Å². The molecule has 2 N–H and O–H groups in total. The molecule has 0 bridgehead atoms. The van der Waals surface area contributed by atoms with Crippen molar-refractivity contribution in [1.29, 1.82) is 0 Å². The minimum atomic E-state index is -4.56. The molecule has 0 aliphatic carbocycles. The first-order valence-corrected chi connectivity index (χ1v) is 10.6. The van der Waals surface area contributed by atoms with Crippen molar-refractivity contribution in [2.45, 2.75) is 25.6 Å². The maximum Gasteiger partial charge on any atom is 0.417 e. The predicted octanol–water partition coefficient (Wildman–Crippen LogP) is 5.20. The van der Waals surface area contributed by atoms with Gasteiger partial charge in [0.05, 0.1) is 5.56 Å². The zero-order valence-electron chi connectivity index (χ0n) is 18.8. The van der Waals surface area contributed by atoms with Crippen LogP contribution < -0.4 is 10.6 Å². The number of hydrogen-bond acceptors (Lipinski definition) is 6. The molecule has 0 amide bonds. The summed E-state index contributed by atoms with van der Waals surface area (Å²) in [6.07, 6.45) is -0.787. The van der Waals surface area contributed by atoms with Crippen LogP contribution >= 0.6 is 0 Å². The first-order valence-electron chi connectivity index (χ1n) is 10.6. The van der Waals surface area contributed by atoms with Crippen molar-refractivity contribution in [3.63, 3.8) is 0 Å². The molecule has 0 fully saturated rings. The summed E-state index contributed by atoms with van der Waals surface area (Å²) in [4.78, 5) is 14.4. The van der Waals surface area contributed by atoms with Crippen molar-refractivity contribution in [1.82, 2.24) is 19.9 Å². The average molecular weight is 480 g/mol. The summed E-state index contributed by atoms with van der Waals surface area (Å²) in [6.45, 7) is 1.51. The second-order valence-corrected chi connectivity index (χ2v) is 7.95. The van der Waals surface area contributed by atoms with Gasteiger partial charge in [-0.2, -0.15) is 13.2 Å². The summed E-state index contributed by atoms with van der Waals surface area (Å²) in [5, 5.41) is 6.09. The fourth-order valence-electron chi connectivity index (χ4n) is 3.10. The van der Waals surface area contributed by atoms with E-state index in [4.69, 9.17) is 0 Å². The summed E-state index contributed by atoms with van der Waals surface area (Å²) in [7, 11) is 3.96. The zero-order valence-corrected chi connectivity index (χ0v) is 18.8. The summed E-state index contributed by atoms with van der Waals surface area (Å²) in [5.74, 6) is -0.721. The van der Waals surface area contributed by atoms with Crippen molar-refractivity contribution in [3.8, 4) is 11.4 Å². The molecule has 0 aliphatic heterocycles. The lowest BCUT2D eigenvalue weighted by atomic mass is 10.2. The topological polar surface area (TPSA) is 66.0 Å². The SMILES string of the molecule is CN(C)CCCCNc1cc(NCc2ccc(F)cc2F)nc(-c2cncc(C(F)(F)F)c2)n1. The van der Waals surface area contributed by atoms with Gasteiger partial charge < -0.3 is 15.5 Å². The van der Waals surface area contributed by atoms with Gasteiger partial charge in [-0.15, -0.1) is 0 Å². The van der Waals surface area contributed by atoms with Gasteiger partial charge in [0.25, 0.3) is 0 Å². The summed E-state index contributed by atoms with van der Waals surface area (Å²) >= 11 is 0. The van der Waals surface area contributed by atoms with Crippen LogP contribution in [0.25, 0.3) is 11.4 Å². The number of nitrogens with zero attached hydrogens (tertiary/aromatic N) is 4. The molecule has 0 saturated heterocycles. The quantitative estimate of drug-likeness (QED) is 0.307. The van der Waals surface area contributed by atoms with Gasteiger partial charge in [-0.1, -0.05) is 6.07 Å². The highest BCUT2D eigenvalue weighted by molar-refractivity contribution is 5.61. The molecule has 1 aromatic carbocycles. The van der Waals surface area contributed by atoms with Crippen molar-refractivity contribution < 1.29 is 22.0 Å².